The molecule has 0 aromatic heterocycles. The molecule has 1 atom stereocenters. The Balaban J connectivity index is 2.29. The van der Waals surface area contributed by atoms with Crippen LogP contribution >= 0.6 is 0 Å². The van der Waals surface area contributed by atoms with Crippen LogP contribution in [0.3, 0.4) is 0 Å². The summed E-state index contributed by atoms with van der Waals surface area (Å²) in [7, 11) is 0. The first kappa shape index (κ1) is 19.3. The molecule has 0 aromatic rings. The number of hydrogen-bond donors (Lipinski definition) is 2. The second kappa shape index (κ2) is 8.19. The van der Waals surface area contributed by atoms with Gasteiger partial charge >= 0.3 is 6.09 Å². The number of nitrogens with one attached hydrogen (secondary N) is 2. The van der Waals surface area contributed by atoms with Crippen LogP contribution in [0.4, 0.5) is 4.79 Å². The molecule has 0 bridgehead atoms. The normalized spacial score (nSPS) is 18.1. The molecule has 0 heterocycles. The van der Waals surface area contributed by atoms with Gasteiger partial charge in [0.25, 0.3) is 0 Å². The number of ether oxygens (including phenoxy) is 1. The molecule has 1 saturated carbocycles. The lowest BCUT2D eigenvalue weighted by atomic mass is 9.95. The van der Waals surface area contributed by atoms with E-state index in [0.29, 0.717) is 23.8 Å². The van der Waals surface area contributed by atoms with Gasteiger partial charge in [-0.05, 0) is 63.8 Å². The number of carbonyl (C=O) groups is 1. The molecule has 0 radical (unpaired) electrons. The summed E-state index contributed by atoms with van der Waals surface area (Å²) in [6, 6.07) is 0. The zero-order valence-corrected chi connectivity index (χ0v) is 15.4. The SMILES string of the molecule is CCCC1(CNCC(CNC(=O)OC(C)(C)C)C(C)C)CC1. The third-order valence-corrected chi connectivity index (χ3v) is 4.49. The molecular formula is C18H36N2O2. The van der Waals surface area contributed by atoms with Crippen LogP contribution in [0.25, 0.3) is 0 Å². The van der Waals surface area contributed by atoms with Crippen molar-refractivity contribution in [1.82, 2.24) is 10.6 Å². The summed E-state index contributed by atoms with van der Waals surface area (Å²) >= 11 is 0. The summed E-state index contributed by atoms with van der Waals surface area (Å²) in [5.74, 6) is 0.966. The zero-order chi connectivity index (χ0) is 16.8. The fourth-order valence-corrected chi connectivity index (χ4v) is 2.82. The molecular weight excluding hydrogens is 276 g/mol. The van der Waals surface area contributed by atoms with Crippen molar-refractivity contribution < 1.29 is 9.53 Å². The van der Waals surface area contributed by atoms with Gasteiger partial charge in [0.2, 0.25) is 0 Å². The van der Waals surface area contributed by atoms with Gasteiger partial charge in [-0.15, -0.1) is 0 Å². The van der Waals surface area contributed by atoms with Gasteiger partial charge in [0.05, 0.1) is 0 Å². The Morgan fingerprint density at radius 2 is 1.86 bits per heavy atom. The van der Waals surface area contributed by atoms with Crippen LogP contribution < -0.4 is 10.6 Å². The summed E-state index contributed by atoms with van der Waals surface area (Å²) in [6.45, 7) is 15.1. The van der Waals surface area contributed by atoms with Gasteiger partial charge in [0.1, 0.15) is 5.60 Å². The molecule has 1 aliphatic carbocycles. The smallest absolute Gasteiger partial charge is 0.407 e. The van der Waals surface area contributed by atoms with E-state index in [1.165, 1.54) is 25.7 Å². The highest BCUT2D eigenvalue weighted by Gasteiger charge is 2.40. The molecule has 0 spiro atoms. The second-order valence-corrected chi connectivity index (χ2v) is 8.27. The molecule has 4 heteroatoms. The van der Waals surface area contributed by atoms with Crippen molar-refractivity contribution in [3.63, 3.8) is 0 Å². The van der Waals surface area contributed by atoms with Gasteiger partial charge in [-0.3, -0.25) is 0 Å². The van der Waals surface area contributed by atoms with Gasteiger partial charge in [0, 0.05) is 13.1 Å². The van der Waals surface area contributed by atoms with E-state index in [1.807, 2.05) is 20.8 Å². The quantitative estimate of drug-likeness (QED) is 0.677. The number of rotatable bonds is 9. The van der Waals surface area contributed by atoms with Crippen LogP contribution in [0.2, 0.25) is 0 Å². The molecule has 1 aliphatic rings. The molecule has 2 N–H and O–H groups in total. The van der Waals surface area contributed by atoms with Gasteiger partial charge in [-0.25, -0.2) is 4.79 Å². The molecule has 4 nitrogen and oxygen atoms in total. The fraction of sp³-hybridized carbons (Fsp3) is 0.944. The molecule has 0 saturated heterocycles. The number of hydrogen-bond acceptors (Lipinski definition) is 3. The van der Waals surface area contributed by atoms with Crippen LogP contribution in [0.5, 0.6) is 0 Å². The fourth-order valence-electron chi connectivity index (χ4n) is 2.82. The second-order valence-electron chi connectivity index (χ2n) is 8.27. The monoisotopic (exact) mass is 312 g/mol. The van der Waals surface area contributed by atoms with E-state index < -0.39 is 5.60 Å². The van der Waals surface area contributed by atoms with E-state index in [-0.39, 0.29) is 6.09 Å². The predicted molar refractivity (Wildman–Crippen MR) is 92.0 cm³/mol. The van der Waals surface area contributed by atoms with E-state index in [9.17, 15) is 4.79 Å². The highest BCUT2D eigenvalue weighted by Crippen LogP contribution is 2.48. The first-order valence-corrected chi connectivity index (χ1v) is 8.85. The molecule has 1 amide bonds. The maximum absolute atomic E-state index is 11.8. The van der Waals surface area contributed by atoms with Crippen molar-refractivity contribution in [2.24, 2.45) is 17.3 Å². The Kier molecular flexibility index (Phi) is 7.17. The summed E-state index contributed by atoms with van der Waals surface area (Å²) in [5, 5.41) is 6.54. The Labute approximate surface area is 136 Å². The topological polar surface area (TPSA) is 50.4 Å². The highest BCUT2D eigenvalue weighted by molar-refractivity contribution is 5.67. The van der Waals surface area contributed by atoms with Crippen molar-refractivity contribution in [2.75, 3.05) is 19.6 Å². The maximum Gasteiger partial charge on any atom is 0.407 e. The molecule has 130 valence electrons. The molecule has 22 heavy (non-hydrogen) atoms. The summed E-state index contributed by atoms with van der Waals surface area (Å²) in [6.07, 6.45) is 5.04. The van der Waals surface area contributed by atoms with Gasteiger partial charge in [0.15, 0.2) is 0 Å². The Bertz CT molecular complexity index is 343. The lowest BCUT2D eigenvalue weighted by Gasteiger charge is -2.25. The van der Waals surface area contributed by atoms with Crippen LogP contribution in [0.15, 0.2) is 0 Å². The number of amides is 1. The predicted octanol–water partition coefficient (Wildman–Crippen LogP) is 3.95. The Hall–Kier alpha value is -0.770. The van der Waals surface area contributed by atoms with E-state index >= 15 is 0 Å². The van der Waals surface area contributed by atoms with Crippen molar-refractivity contribution in [2.45, 2.75) is 72.8 Å². The Morgan fingerprint density at radius 3 is 2.32 bits per heavy atom. The summed E-state index contributed by atoms with van der Waals surface area (Å²) in [4.78, 5) is 11.8. The maximum atomic E-state index is 11.8. The van der Waals surface area contributed by atoms with Gasteiger partial charge in [-0.2, -0.15) is 0 Å². The van der Waals surface area contributed by atoms with Crippen molar-refractivity contribution in [3.8, 4) is 0 Å². The van der Waals surface area contributed by atoms with E-state index in [4.69, 9.17) is 4.74 Å². The molecule has 1 rings (SSSR count). The average Bonchev–Trinajstić information content (AvgIpc) is 3.11. The number of alkyl carbamates (subject to hydrolysis) is 1. The lowest BCUT2D eigenvalue weighted by Crippen LogP contribution is -2.40. The third-order valence-electron chi connectivity index (χ3n) is 4.49. The Morgan fingerprint density at radius 1 is 1.23 bits per heavy atom. The first-order valence-electron chi connectivity index (χ1n) is 8.85. The van der Waals surface area contributed by atoms with Crippen molar-refractivity contribution in [1.29, 1.82) is 0 Å². The molecule has 0 aromatic carbocycles. The van der Waals surface area contributed by atoms with Gasteiger partial charge < -0.3 is 15.4 Å². The van der Waals surface area contributed by atoms with Crippen LogP contribution in [-0.2, 0) is 4.74 Å². The standard InChI is InChI=1S/C18H36N2O2/c1-7-8-18(9-10-18)13-19-11-15(14(2)3)12-20-16(21)22-17(4,5)6/h14-15,19H,7-13H2,1-6H3,(H,20,21). The van der Waals surface area contributed by atoms with Crippen LogP contribution in [-0.4, -0.2) is 31.3 Å². The zero-order valence-electron chi connectivity index (χ0n) is 15.4. The molecule has 1 fully saturated rings. The van der Waals surface area contributed by atoms with Crippen molar-refractivity contribution >= 4 is 6.09 Å². The minimum atomic E-state index is -0.436. The summed E-state index contributed by atoms with van der Waals surface area (Å²) < 4.78 is 5.30. The van der Waals surface area contributed by atoms with Gasteiger partial charge in [-0.1, -0.05) is 27.2 Å². The average molecular weight is 312 g/mol. The minimum absolute atomic E-state index is 0.317. The minimum Gasteiger partial charge on any atom is -0.444 e. The highest BCUT2D eigenvalue weighted by atomic mass is 16.6. The van der Waals surface area contributed by atoms with E-state index in [1.54, 1.807) is 0 Å². The largest absolute Gasteiger partial charge is 0.444 e. The van der Waals surface area contributed by atoms with Crippen molar-refractivity contribution in [3.05, 3.63) is 0 Å². The van der Waals surface area contributed by atoms with E-state index in [2.05, 4.69) is 31.4 Å². The van der Waals surface area contributed by atoms with E-state index in [0.717, 1.165) is 13.1 Å². The van der Waals surface area contributed by atoms with Crippen LogP contribution in [0.1, 0.15) is 67.2 Å². The number of carbonyl (C=O) groups excluding carboxylic acids is 1. The molecule has 0 aliphatic heterocycles. The lowest BCUT2D eigenvalue weighted by molar-refractivity contribution is 0.0514. The molecule has 1 unspecified atom stereocenters. The van der Waals surface area contributed by atoms with Crippen LogP contribution in [0, 0.1) is 17.3 Å². The third kappa shape index (κ3) is 7.48. The summed E-state index contributed by atoms with van der Waals surface area (Å²) in [5.41, 5.74) is 0.142. The first-order chi connectivity index (χ1) is 10.2.